The van der Waals surface area contributed by atoms with E-state index in [1.807, 2.05) is 37.2 Å². The highest BCUT2D eigenvalue weighted by atomic mass is 32.2. The number of primary amides is 1. The zero-order valence-electron chi connectivity index (χ0n) is 12.9. The molecular weight excluding hydrogens is 300 g/mol. The average Bonchev–Trinajstić information content (AvgIpc) is 2.45. The van der Waals surface area contributed by atoms with Gasteiger partial charge < -0.3 is 10.6 Å². The van der Waals surface area contributed by atoms with Crippen molar-refractivity contribution in [2.45, 2.75) is 23.5 Å². The Bertz CT molecular complexity index is 813. The Balaban J connectivity index is 2.54. The van der Waals surface area contributed by atoms with Crippen molar-refractivity contribution >= 4 is 32.2 Å². The molecule has 0 saturated heterocycles. The van der Waals surface area contributed by atoms with Crippen molar-refractivity contribution < 1.29 is 13.2 Å². The summed E-state index contributed by atoms with van der Waals surface area (Å²) in [6.07, 6.45) is 0.162. The zero-order chi connectivity index (χ0) is 16.5. The van der Waals surface area contributed by atoms with Crippen LogP contribution in [0.4, 0.5) is 5.69 Å². The van der Waals surface area contributed by atoms with Gasteiger partial charge in [-0.05, 0) is 41.5 Å². The van der Waals surface area contributed by atoms with E-state index in [1.54, 1.807) is 19.1 Å². The Morgan fingerprint density at radius 2 is 1.73 bits per heavy atom. The van der Waals surface area contributed by atoms with Crippen LogP contribution in [0.1, 0.15) is 13.3 Å². The van der Waals surface area contributed by atoms with E-state index in [-0.39, 0.29) is 11.3 Å². The molecule has 0 aromatic heterocycles. The van der Waals surface area contributed by atoms with Gasteiger partial charge >= 0.3 is 0 Å². The fraction of sp³-hybridized carbons (Fsp3) is 0.312. The Morgan fingerprint density at radius 1 is 1.14 bits per heavy atom. The van der Waals surface area contributed by atoms with E-state index >= 15 is 0 Å². The number of benzene rings is 2. The molecule has 1 unspecified atom stereocenters. The molecule has 1 atom stereocenters. The summed E-state index contributed by atoms with van der Waals surface area (Å²) in [6, 6.07) is 10.7. The van der Waals surface area contributed by atoms with Gasteiger partial charge in [0.05, 0.1) is 4.90 Å². The van der Waals surface area contributed by atoms with Gasteiger partial charge in [-0.15, -0.1) is 0 Å². The number of hydrogen-bond donors (Lipinski definition) is 1. The molecule has 0 fully saturated rings. The number of anilines is 1. The van der Waals surface area contributed by atoms with Gasteiger partial charge in [0.15, 0.2) is 9.84 Å². The van der Waals surface area contributed by atoms with Crippen LogP contribution in [0.3, 0.4) is 0 Å². The van der Waals surface area contributed by atoms with Gasteiger partial charge in [0.2, 0.25) is 5.91 Å². The first-order valence-electron chi connectivity index (χ1n) is 7.01. The number of amides is 1. The number of nitrogens with zero attached hydrogens (tertiary/aromatic N) is 1. The molecule has 0 spiro atoms. The molecule has 118 valence electrons. The minimum absolute atomic E-state index is 0.128. The Morgan fingerprint density at radius 3 is 2.27 bits per heavy atom. The highest BCUT2D eigenvalue weighted by Gasteiger charge is 2.30. The van der Waals surface area contributed by atoms with E-state index in [2.05, 4.69) is 0 Å². The van der Waals surface area contributed by atoms with Crippen LogP contribution < -0.4 is 10.6 Å². The Hall–Kier alpha value is -2.08. The number of hydrogen-bond acceptors (Lipinski definition) is 4. The van der Waals surface area contributed by atoms with Gasteiger partial charge in [0.1, 0.15) is 5.25 Å². The highest BCUT2D eigenvalue weighted by molar-refractivity contribution is 7.92. The van der Waals surface area contributed by atoms with Crippen molar-refractivity contribution in [1.29, 1.82) is 0 Å². The zero-order valence-corrected chi connectivity index (χ0v) is 13.7. The lowest BCUT2D eigenvalue weighted by atomic mass is 10.1. The van der Waals surface area contributed by atoms with Gasteiger partial charge in [-0.25, -0.2) is 8.42 Å². The van der Waals surface area contributed by atoms with Crippen LogP contribution in [0.5, 0.6) is 0 Å². The molecule has 0 radical (unpaired) electrons. The van der Waals surface area contributed by atoms with Gasteiger partial charge in [0.25, 0.3) is 0 Å². The summed E-state index contributed by atoms with van der Waals surface area (Å²) in [7, 11) is 0.133. The quantitative estimate of drug-likeness (QED) is 0.913. The predicted octanol–water partition coefficient (Wildman–Crippen LogP) is 1.94. The third-order valence-corrected chi connectivity index (χ3v) is 5.93. The number of sulfone groups is 1. The molecule has 0 aliphatic carbocycles. The number of fused-ring (bicyclic) bond motifs is 1. The van der Waals surface area contributed by atoms with Crippen molar-refractivity contribution in [1.82, 2.24) is 0 Å². The van der Waals surface area contributed by atoms with Crippen molar-refractivity contribution in [3.05, 3.63) is 36.4 Å². The van der Waals surface area contributed by atoms with Crippen molar-refractivity contribution in [2.24, 2.45) is 5.73 Å². The number of nitrogens with two attached hydrogens (primary N) is 1. The Kier molecular flexibility index (Phi) is 4.42. The molecule has 2 aromatic rings. The van der Waals surface area contributed by atoms with Gasteiger partial charge in [-0.1, -0.05) is 19.1 Å². The summed E-state index contributed by atoms with van der Waals surface area (Å²) in [5.41, 5.74) is 6.25. The average molecular weight is 320 g/mol. The Labute approximate surface area is 130 Å². The van der Waals surface area contributed by atoms with E-state index in [9.17, 15) is 13.2 Å². The number of carbonyl (C=O) groups excluding carboxylic acids is 1. The maximum Gasteiger partial charge on any atom is 0.236 e. The lowest BCUT2D eigenvalue weighted by Crippen LogP contribution is -2.35. The summed E-state index contributed by atoms with van der Waals surface area (Å²) in [4.78, 5) is 13.5. The van der Waals surface area contributed by atoms with Crippen LogP contribution >= 0.6 is 0 Å². The standard InChI is InChI=1S/C16H20N2O3S/c1-4-15(16(17)19)22(20,21)14-8-6-11-9-13(18(2)3)7-5-12(11)10-14/h5-10,15H,4H2,1-3H3,(H2,17,19). The largest absolute Gasteiger partial charge is 0.378 e. The van der Waals surface area contributed by atoms with Gasteiger partial charge in [0, 0.05) is 19.8 Å². The van der Waals surface area contributed by atoms with Crippen LogP contribution in [0.2, 0.25) is 0 Å². The molecule has 5 nitrogen and oxygen atoms in total. The minimum atomic E-state index is -3.75. The predicted molar refractivity (Wildman–Crippen MR) is 88.7 cm³/mol. The first-order valence-corrected chi connectivity index (χ1v) is 8.56. The summed E-state index contributed by atoms with van der Waals surface area (Å²) in [6.45, 7) is 1.64. The van der Waals surface area contributed by atoms with Crippen LogP contribution in [0.15, 0.2) is 41.3 Å². The first kappa shape index (κ1) is 16.3. The van der Waals surface area contributed by atoms with Crippen LogP contribution in [-0.4, -0.2) is 33.7 Å². The molecular formula is C16H20N2O3S. The van der Waals surface area contributed by atoms with Gasteiger partial charge in [-0.3, -0.25) is 4.79 Å². The molecule has 0 aliphatic heterocycles. The molecule has 22 heavy (non-hydrogen) atoms. The third kappa shape index (κ3) is 2.92. The number of rotatable bonds is 5. The molecule has 6 heteroatoms. The first-order chi connectivity index (χ1) is 10.3. The second-order valence-electron chi connectivity index (χ2n) is 5.43. The second kappa shape index (κ2) is 5.96. The summed E-state index contributed by atoms with van der Waals surface area (Å²) < 4.78 is 25.0. The van der Waals surface area contributed by atoms with Crippen LogP contribution in [0, 0.1) is 0 Å². The van der Waals surface area contributed by atoms with E-state index in [0.717, 1.165) is 16.5 Å². The summed E-state index contributed by atoms with van der Waals surface area (Å²) >= 11 is 0. The van der Waals surface area contributed by atoms with E-state index in [4.69, 9.17) is 5.73 Å². The normalized spacial score (nSPS) is 13.0. The molecule has 2 aromatic carbocycles. The fourth-order valence-corrected chi connectivity index (χ4v) is 4.03. The van der Waals surface area contributed by atoms with Gasteiger partial charge in [-0.2, -0.15) is 0 Å². The lowest BCUT2D eigenvalue weighted by Gasteiger charge is -2.15. The van der Waals surface area contributed by atoms with Crippen molar-refractivity contribution in [2.75, 3.05) is 19.0 Å². The van der Waals surface area contributed by atoms with Crippen LogP contribution in [-0.2, 0) is 14.6 Å². The maximum atomic E-state index is 12.5. The summed E-state index contributed by atoms with van der Waals surface area (Å²) in [5, 5.41) is 0.564. The monoisotopic (exact) mass is 320 g/mol. The SMILES string of the molecule is CCC(C(N)=O)S(=O)(=O)c1ccc2cc(N(C)C)ccc2c1. The van der Waals surface area contributed by atoms with Crippen molar-refractivity contribution in [3.8, 4) is 0 Å². The van der Waals surface area contributed by atoms with E-state index in [1.165, 1.54) is 6.07 Å². The molecule has 2 rings (SSSR count). The van der Waals surface area contributed by atoms with Crippen LogP contribution in [0.25, 0.3) is 10.8 Å². The molecule has 2 N–H and O–H groups in total. The summed E-state index contributed by atoms with van der Waals surface area (Å²) in [5.74, 6) is -0.814. The highest BCUT2D eigenvalue weighted by Crippen LogP contribution is 2.26. The molecule has 0 saturated carbocycles. The smallest absolute Gasteiger partial charge is 0.236 e. The maximum absolute atomic E-state index is 12.5. The third-order valence-electron chi connectivity index (χ3n) is 3.70. The lowest BCUT2D eigenvalue weighted by molar-refractivity contribution is -0.117. The second-order valence-corrected chi connectivity index (χ2v) is 7.56. The van der Waals surface area contributed by atoms with E-state index < -0.39 is 21.0 Å². The fourth-order valence-electron chi connectivity index (χ4n) is 2.40. The molecule has 0 heterocycles. The minimum Gasteiger partial charge on any atom is -0.378 e. The topological polar surface area (TPSA) is 80.5 Å². The molecule has 0 aliphatic rings. The van der Waals surface area contributed by atoms with E-state index in [0.29, 0.717) is 0 Å². The molecule has 1 amide bonds. The number of carbonyl (C=O) groups is 1. The molecule has 0 bridgehead atoms. The van der Waals surface area contributed by atoms with Crippen molar-refractivity contribution in [3.63, 3.8) is 0 Å².